The molecule has 1 atom stereocenters. The van der Waals surface area contributed by atoms with Crippen molar-refractivity contribution in [1.29, 1.82) is 0 Å². The van der Waals surface area contributed by atoms with E-state index in [4.69, 9.17) is 11.6 Å². The van der Waals surface area contributed by atoms with Gasteiger partial charge in [0.1, 0.15) is 5.50 Å². The minimum atomic E-state index is -0.0787. The van der Waals surface area contributed by atoms with Crippen molar-refractivity contribution in [2.24, 2.45) is 5.10 Å². The van der Waals surface area contributed by atoms with Crippen molar-refractivity contribution in [1.82, 2.24) is 5.43 Å². The first-order valence-electron chi connectivity index (χ1n) is 1.66. The smallest absolute Gasteiger partial charge is 0.126 e. The molecule has 0 saturated carbocycles. The Morgan fingerprint density at radius 2 is 2.67 bits per heavy atom. The first-order chi connectivity index (χ1) is 2.89. The van der Waals surface area contributed by atoms with Crippen LogP contribution in [0.1, 0.15) is 0 Å². The molecule has 0 fully saturated rings. The monoisotopic (exact) mass is 103 g/mol. The molecule has 0 saturated heterocycles. The van der Waals surface area contributed by atoms with Crippen molar-refractivity contribution < 1.29 is 0 Å². The summed E-state index contributed by atoms with van der Waals surface area (Å²) in [6.07, 6.45) is 3.40. The molecule has 0 amide bonds. The van der Waals surface area contributed by atoms with Gasteiger partial charge in [-0.2, -0.15) is 5.10 Å². The van der Waals surface area contributed by atoms with Gasteiger partial charge in [-0.1, -0.05) is 11.6 Å². The number of hydrogen-bond acceptors (Lipinski definition) is 2. The van der Waals surface area contributed by atoms with E-state index in [2.05, 4.69) is 10.5 Å². The van der Waals surface area contributed by atoms with Crippen LogP contribution in [0.25, 0.3) is 0 Å². The van der Waals surface area contributed by atoms with E-state index in [0.717, 1.165) is 0 Å². The van der Waals surface area contributed by atoms with E-state index in [1.54, 1.807) is 12.6 Å². The van der Waals surface area contributed by atoms with E-state index >= 15 is 0 Å². The van der Waals surface area contributed by atoms with Crippen molar-refractivity contribution in [3.05, 3.63) is 6.42 Å². The fraction of sp³-hybridized carbons (Fsp3) is 0.333. The van der Waals surface area contributed by atoms with Crippen molar-refractivity contribution in [3.63, 3.8) is 0 Å². The van der Waals surface area contributed by atoms with E-state index in [9.17, 15) is 0 Å². The SMILES string of the molecule is ClC1[CH]C=NN1. The first kappa shape index (κ1) is 3.93. The molecular weight excluding hydrogens is 99.5 g/mol. The van der Waals surface area contributed by atoms with Crippen LogP contribution >= 0.6 is 11.6 Å². The Labute approximate surface area is 41.2 Å². The van der Waals surface area contributed by atoms with Crippen LogP contribution < -0.4 is 5.43 Å². The molecule has 1 unspecified atom stereocenters. The Morgan fingerprint density at radius 1 is 1.83 bits per heavy atom. The first-order valence-corrected chi connectivity index (χ1v) is 2.09. The molecule has 0 aliphatic carbocycles. The highest BCUT2D eigenvalue weighted by molar-refractivity contribution is 6.23. The minimum absolute atomic E-state index is 0.0787. The van der Waals surface area contributed by atoms with Gasteiger partial charge >= 0.3 is 0 Å². The van der Waals surface area contributed by atoms with Crippen molar-refractivity contribution in [2.75, 3.05) is 0 Å². The molecule has 1 rings (SSSR count). The maximum Gasteiger partial charge on any atom is 0.126 e. The molecule has 1 heterocycles. The van der Waals surface area contributed by atoms with Gasteiger partial charge in [-0.25, -0.2) is 0 Å². The van der Waals surface area contributed by atoms with Gasteiger partial charge in [-0.3, -0.25) is 5.43 Å². The molecule has 6 heavy (non-hydrogen) atoms. The fourth-order valence-corrected chi connectivity index (χ4v) is 0.397. The minimum Gasteiger partial charge on any atom is -0.292 e. The number of hydrazone groups is 1. The maximum atomic E-state index is 5.42. The standard InChI is InChI=1S/C3H4ClN2/c4-3-1-2-5-6-3/h1-3,6H. The molecule has 33 valence electrons. The average Bonchev–Trinajstić information content (AvgIpc) is 1.86. The number of rotatable bonds is 0. The molecular formula is C3H4ClN2. The molecule has 0 bridgehead atoms. The second-order valence-corrected chi connectivity index (χ2v) is 1.47. The van der Waals surface area contributed by atoms with Gasteiger partial charge in [0, 0.05) is 12.6 Å². The number of halogens is 1. The second-order valence-electron chi connectivity index (χ2n) is 1.00. The summed E-state index contributed by atoms with van der Waals surface area (Å²) in [6, 6.07) is 0. The molecule has 0 aromatic heterocycles. The van der Waals surface area contributed by atoms with Gasteiger partial charge in [-0.05, 0) is 0 Å². The van der Waals surface area contributed by atoms with E-state index in [-0.39, 0.29) is 5.50 Å². The van der Waals surface area contributed by atoms with Crippen LogP contribution in [0.5, 0.6) is 0 Å². The van der Waals surface area contributed by atoms with Crippen molar-refractivity contribution in [2.45, 2.75) is 5.50 Å². The largest absolute Gasteiger partial charge is 0.292 e. The zero-order valence-electron chi connectivity index (χ0n) is 3.06. The maximum absolute atomic E-state index is 5.42. The lowest BCUT2D eigenvalue weighted by Crippen LogP contribution is -2.09. The number of nitrogens with one attached hydrogen (secondary N) is 1. The lowest BCUT2D eigenvalue weighted by atomic mass is 10.5. The van der Waals surface area contributed by atoms with Crippen LogP contribution in [0, 0.1) is 6.42 Å². The molecule has 0 spiro atoms. The van der Waals surface area contributed by atoms with Gasteiger partial charge in [0.2, 0.25) is 0 Å². The van der Waals surface area contributed by atoms with E-state index in [1.807, 2.05) is 0 Å². The van der Waals surface area contributed by atoms with Crippen molar-refractivity contribution >= 4 is 17.8 Å². The van der Waals surface area contributed by atoms with E-state index in [0.29, 0.717) is 0 Å². The van der Waals surface area contributed by atoms with Crippen LogP contribution in [0.15, 0.2) is 5.10 Å². The van der Waals surface area contributed by atoms with Crippen LogP contribution in [0.4, 0.5) is 0 Å². The van der Waals surface area contributed by atoms with Gasteiger partial charge < -0.3 is 0 Å². The molecule has 2 nitrogen and oxygen atoms in total. The molecule has 1 aliphatic rings. The fourth-order valence-electron chi connectivity index (χ4n) is 0.276. The van der Waals surface area contributed by atoms with Crippen LogP contribution in [0.2, 0.25) is 0 Å². The third-order valence-electron chi connectivity index (χ3n) is 0.527. The summed E-state index contributed by atoms with van der Waals surface area (Å²) in [5, 5.41) is 3.60. The highest BCUT2D eigenvalue weighted by Gasteiger charge is 2.02. The summed E-state index contributed by atoms with van der Waals surface area (Å²) in [5.74, 6) is 0. The molecule has 1 N–H and O–H groups in total. The third kappa shape index (κ3) is 0.627. The summed E-state index contributed by atoms with van der Waals surface area (Å²) in [7, 11) is 0. The van der Waals surface area contributed by atoms with Gasteiger partial charge in [0.25, 0.3) is 0 Å². The Bertz CT molecular complexity index is 63.2. The summed E-state index contributed by atoms with van der Waals surface area (Å²) in [5.41, 5.74) is 2.52. The zero-order chi connectivity index (χ0) is 4.41. The zero-order valence-corrected chi connectivity index (χ0v) is 3.81. The molecule has 0 aromatic rings. The van der Waals surface area contributed by atoms with Crippen LogP contribution in [-0.4, -0.2) is 11.7 Å². The Morgan fingerprint density at radius 3 is 2.83 bits per heavy atom. The average molecular weight is 104 g/mol. The Balaban J connectivity index is 2.32. The number of alkyl halides is 1. The van der Waals surface area contributed by atoms with Crippen LogP contribution in [0.3, 0.4) is 0 Å². The van der Waals surface area contributed by atoms with Crippen molar-refractivity contribution in [3.8, 4) is 0 Å². The topological polar surface area (TPSA) is 24.4 Å². The molecule has 3 heteroatoms. The third-order valence-corrected chi connectivity index (χ3v) is 0.771. The summed E-state index contributed by atoms with van der Waals surface area (Å²) < 4.78 is 0. The van der Waals surface area contributed by atoms with Gasteiger partial charge in [0.05, 0.1) is 0 Å². The van der Waals surface area contributed by atoms with E-state index in [1.165, 1.54) is 0 Å². The quantitative estimate of drug-likeness (QED) is 0.347. The predicted molar refractivity (Wildman–Crippen MR) is 25.6 cm³/mol. The molecule has 0 aromatic carbocycles. The summed E-state index contributed by atoms with van der Waals surface area (Å²) in [4.78, 5) is 0. The van der Waals surface area contributed by atoms with Gasteiger partial charge in [-0.15, -0.1) is 0 Å². The predicted octanol–water partition coefficient (Wildman–Crippen LogP) is 0.345. The normalized spacial score (nSPS) is 30.5. The Kier molecular flexibility index (Phi) is 0.965. The number of hydrogen-bond donors (Lipinski definition) is 1. The highest BCUT2D eigenvalue weighted by atomic mass is 35.5. The number of nitrogens with zero attached hydrogens (tertiary/aromatic N) is 1. The summed E-state index contributed by atoms with van der Waals surface area (Å²) in [6.45, 7) is 0. The van der Waals surface area contributed by atoms with Gasteiger partial charge in [0.15, 0.2) is 0 Å². The lowest BCUT2D eigenvalue weighted by Gasteiger charge is -1.91. The molecule has 1 radical (unpaired) electrons. The highest BCUT2D eigenvalue weighted by Crippen LogP contribution is 1.97. The molecule has 1 aliphatic heterocycles. The van der Waals surface area contributed by atoms with E-state index < -0.39 is 0 Å². The lowest BCUT2D eigenvalue weighted by molar-refractivity contribution is 0.800. The van der Waals surface area contributed by atoms with Crippen LogP contribution in [-0.2, 0) is 0 Å². The Hall–Kier alpha value is -0.240. The second kappa shape index (κ2) is 1.47. The summed E-state index contributed by atoms with van der Waals surface area (Å²) >= 11 is 5.42.